The standard InChI is InChI=1S/C16H22N2O/c1-12-3-4-13(7-12)10-18-11-14-5-6-15(9-17)16(8-14)19-2/h5-6,8,12-13,18H,3-4,7,10-11H2,1-2H3. The first-order chi connectivity index (χ1) is 9.22. The Morgan fingerprint density at radius 2 is 2.26 bits per heavy atom. The number of nitriles is 1. The second kappa shape index (κ2) is 6.58. The van der Waals surface area contributed by atoms with Crippen molar-refractivity contribution < 1.29 is 4.74 Å². The molecular weight excluding hydrogens is 236 g/mol. The second-order valence-corrected chi connectivity index (χ2v) is 5.56. The molecular formula is C16H22N2O. The highest BCUT2D eigenvalue weighted by atomic mass is 16.5. The highest BCUT2D eigenvalue weighted by Crippen LogP contribution is 2.29. The van der Waals surface area contributed by atoms with E-state index in [0.29, 0.717) is 11.3 Å². The van der Waals surface area contributed by atoms with E-state index in [0.717, 1.165) is 24.9 Å². The fourth-order valence-corrected chi connectivity index (χ4v) is 2.87. The predicted molar refractivity (Wildman–Crippen MR) is 75.9 cm³/mol. The van der Waals surface area contributed by atoms with E-state index in [1.807, 2.05) is 18.2 Å². The van der Waals surface area contributed by atoms with Crippen molar-refractivity contribution in [2.45, 2.75) is 32.7 Å². The molecule has 1 saturated carbocycles. The van der Waals surface area contributed by atoms with Crippen molar-refractivity contribution in [3.05, 3.63) is 29.3 Å². The van der Waals surface area contributed by atoms with Crippen LogP contribution in [0.2, 0.25) is 0 Å². The van der Waals surface area contributed by atoms with Gasteiger partial charge in [0.2, 0.25) is 0 Å². The zero-order chi connectivity index (χ0) is 13.7. The third-order valence-corrected chi connectivity index (χ3v) is 3.95. The summed E-state index contributed by atoms with van der Waals surface area (Å²) >= 11 is 0. The van der Waals surface area contributed by atoms with Crippen LogP contribution in [0.15, 0.2) is 18.2 Å². The van der Waals surface area contributed by atoms with Crippen LogP contribution < -0.4 is 10.1 Å². The average Bonchev–Trinajstić information content (AvgIpc) is 2.84. The fourth-order valence-electron chi connectivity index (χ4n) is 2.87. The van der Waals surface area contributed by atoms with Crippen molar-refractivity contribution in [2.75, 3.05) is 13.7 Å². The van der Waals surface area contributed by atoms with Crippen molar-refractivity contribution in [3.63, 3.8) is 0 Å². The largest absolute Gasteiger partial charge is 0.495 e. The van der Waals surface area contributed by atoms with Gasteiger partial charge in [-0.1, -0.05) is 19.4 Å². The molecule has 1 aromatic carbocycles. The summed E-state index contributed by atoms with van der Waals surface area (Å²) in [6, 6.07) is 7.90. The van der Waals surface area contributed by atoms with Crippen LogP contribution in [0.5, 0.6) is 5.75 Å². The minimum absolute atomic E-state index is 0.593. The molecule has 0 spiro atoms. The molecule has 3 nitrogen and oxygen atoms in total. The SMILES string of the molecule is COc1cc(CNCC2CCC(C)C2)ccc1C#N. The van der Waals surface area contributed by atoms with Crippen molar-refractivity contribution in [2.24, 2.45) is 11.8 Å². The number of nitrogens with zero attached hydrogens (tertiary/aromatic N) is 1. The van der Waals surface area contributed by atoms with E-state index in [2.05, 4.69) is 18.3 Å². The van der Waals surface area contributed by atoms with Crippen LogP contribution in [-0.2, 0) is 6.54 Å². The Labute approximate surface area is 115 Å². The Morgan fingerprint density at radius 1 is 1.42 bits per heavy atom. The molecule has 3 heteroatoms. The molecule has 0 aliphatic heterocycles. The van der Waals surface area contributed by atoms with E-state index in [9.17, 15) is 0 Å². The second-order valence-electron chi connectivity index (χ2n) is 5.56. The number of methoxy groups -OCH3 is 1. The Kier molecular flexibility index (Phi) is 4.81. The van der Waals surface area contributed by atoms with Gasteiger partial charge >= 0.3 is 0 Å². The topological polar surface area (TPSA) is 45.0 Å². The molecule has 0 saturated heterocycles. The van der Waals surface area contributed by atoms with Gasteiger partial charge in [-0.25, -0.2) is 0 Å². The van der Waals surface area contributed by atoms with Gasteiger partial charge in [-0.15, -0.1) is 0 Å². The van der Waals surface area contributed by atoms with E-state index >= 15 is 0 Å². The van der Waals surface area contributed by atoms with Crippen LogP contribution >= 0.6 is 0 Å². The molecule has 1 N–H and O–H groups in total. The third-order valence-electron chi connectivity index (χ3n) is 3.95. The highest BCUT2D eigenvalue weighted by Gasteiger charge is 2.20. The smallest absolute Gasteiger partial charge is 0.136 e. The van der Waals surface area contributed by atoms with E-state index in [1.54, 1.807) is 7.11 Å². The number of benzene rings is 1. The van der Waals surface area contributed by atoms with Gasteiger partial charge in [0, 0.05) is 6.54 Å². The van der Waals surface area contributed by atoms with Crippen LogP contribution in [0.25, 0.3) is 0 Å². The van der Waals surface area contributed by atoms with Gasteiger partial charge in [0.05, 0.1) is 12.7 Å². The number of nitrogens with one attached hydrogen (secondary N) is 1. The quantitative estimate of drug-likeness (QED) is 0.882. The molecule has 0 bridgehead atoms. The molecule has 1 aromatic rings. The van der Waals surface area contributed by atoms with Crippen LogP contribution in [0.4, 0.5) is 0 Å². The summed E-state index contributed by atoms with van der Waals surface area (Å²) in [6.45, 7) is 4.27. The monoisotopic (exact) mass is 258 g/mol. The lowest BCUT2D eigenvalue weighted by atomic mass is 10.1. The van der Waals surface area contributed by atoms with E-state index in [-0.39, 0.29) is 0 Å². The first kappa shape index (κ1) is 13.9. The number of hydrogen-bond acceptors (Lipinski definition) is 3. The lowest BCUT2D eigenvalue weighted by Crippen LogP contribution is -2.21. The van der Waals surface area contributed by atoms with Crippen molar-refractivity contribution in [1.29, 1.82) is 5.26 Å². The third kappa shape index (κ3) is 3.71. The first-order valence-electron chi connectivity index (χ1n) is 7.00. The minimum Gasteiger partial charge on any atom is -0.495 e. The van der Waals surface area contributed by atoms with E-state index in [1.165, 1.54) is 24.8 Å². The lowest BCUT2D eigenvalue weighted by Gasteiger charge is -2.12. The Hall–Kier alpha value is -1.53. The van der Waals surface area contributed by atoms with Crippen molar-refractivity contribution in [3.8, 4) is 11.8 Å². The van der Waals surface area contributed by atoms with E-state index < -0.39 is 0 Å². The zero-order valence-electron chi connectivity index (χ0n) is 11.8. The van der Waals surface area contributed by atoms with Crippen molar-refractivity contribution >= 4 is 0 Å². The Bertz CT molecular complexity index is 464. The van der Waals surface area contributed by atoms with Gasteiger partial charge in [0.15, 0.2) is 0 Å². The fraction of sp³-hybridized carbons (Fsp3) is 0.562. The van der Waals surface area contributed by atoms with Crippen molar-refractivity contribution in [1.82, 2.24) is 5.32 Å². The van der Waals surface area contributed by atoms with Crippen LogP contribution in [0, 0.1) is 23.2 Å². The van der Waals surface area contributed by atoms with Gasteiger partial charge in [0.25, 0.3) is 0 Å². The minimum atomic E-state index is 0.593. The maximum absolute atomic E-state index is 8.94. The Morgan fingerprint density at radius 3 is 2.89 bits per heavy atom. The molecule has 0 amide bonds. The van der Waals surface area contributed by atoms with E-state index in [4.69, 9.17) is 10.00 Å². The molecule has 19 heavy (non-hydrogen) atoms. The highest BCUT2D eigenvalue weighted by molar-refractivity contribution is 5.45. The molecule has 2 atom stereocenters. The van der Waals surface area contributed by atoms with Gasteiger partial charge in [0.1, 0.15) is 11.8 Å². The number of rotatable bonds is 5. The number of ether oxygens (including phenoxy) is 1. The normalized spacial score (nSPS) is 22.2. The molecule has 1 aliphatic carbocycles. The first-order valence-corrected chi connectivity index (χ1v) is 7.00. The summed E-state index contributed by atoms with van der Waals surface area (Å²) < 4.78 is 5.22. The molecule has 1 fully saturated rings. The van der Waals surface area contributed by atoms with Gasteiger partial charge in [-0.2, -0.15) is 5.26 Å². The molecule has 0 aromatic heterocycles. The van der Waals surface area contributed by atoms with Gasteiger partial charge in [-0.3, -0.25) is 0 Å². The summed E-state index contributed by atoms with van der Waals surface area (Å²) in [6.07, 6.45) is 4.07. The molecule has 2 unspecified atom stereocenters. The molecule has 2 rings (SSSR count). The average molecular weight is 258 g/mol. The maximum atomic E-state index is 8.94. The summed E-state index contributed by atoms with van der Waals surface area (Å²) in [5.74, 6) is 2.38. The molecule has 102 valence electrons. The summed E-state index contributed by atoms with van der Waals surface area (Å²) in [5, 5.41) is 12.5. The summed E-state index contributed by atoms with van der Waals surface area (Å²) in [7, 11) is 1.60. The lowest BCUT2D eigenvalue weighted by molar-refractivity contribution is 0.412. The molecule has 0 heterocycles. The molecule has 0 radical (unpaired) electrons. The van der Waals surface area contributed by atoms with Crippen LogP contribution in [0.1, 0.15) is 37.3 Å². The Balaban J connectivity index is 1.84. The van der Waals surface area contributed by atoms with Gasteiger partial charge in [-0.05, 0) is 48.9 Å². The number of hydrogen-bond donors (Lipinski definition) is 1. The molecule has 1 aliphatic rings. The summed E-state index contributed by atoms with van der Waals surface area (Å²) in [5.41, 5.74) is 1.76. The van der Waals surface area contributed by atoms with Gasteiger partial charge < -0.3 is 10.1 Å². The maximum Gasteiger partial charge on any atom is 0.136 e. The van der Waals surface area contributed by atoms with Crippen LogP contribution in [-0.4, -0.2) is 13.7 Å². The predicted octanol–water partition coefficient (Wildman–Crippen LogP) is 3.09. The van der Waals surface area contributed by atoms with Crippen LogP contribution in [0.3, 0.4) is 0 Å². The summed E-state index contributed by atoms with van der Waals surface area (Å²) in [4.78, 5) is 0. The zero-order valence-corrected chi connectivity index (χ0v) is 11.8.